The first kappa shape index (κ1) is 9.78. The van der Waals surface area contributed by atoms with Gasteiger partial charge in [-0.3, -0.25) is 4.40 Å². The van der Waals surface area contributed by atoms with E-state index >= 15 is 0 Å². The summed E-state index contributed by atoms with van der Waals surface area (Å²) >= 11 is 0. The molecule has 16 heavy (non-hydrogen) atoms. The lowest BCUT2D eigenvalue weighted by Gasteiger charge is -2.08. The Kier molecular flexibility index (Phi) is 2.01. The zero-order chi connectivity index (χ0) is 11.2. The van der Waals surface area contributed by atoms with Gasteiger partial charge in [-0.05, 0) is 50.3 Å². The molecule has 0 saturated heterocycles. The van der Waals surface area contributed by atoms with Gasteiger partial charge in [-0.1, -0.05) is 0 Å². The molecule has 0 amide bonds. The number of hydrogen-bond donors (Lipinski definition) is 1. The van der Waals surface area contributed by atoms with Crippen molar-refractivity contribution in [3.8, 4) is 0 Å². The molecule has 2 aromatic rings. The Hall–Kier alpha value is -1.42. The van der Waals surface area contributed by atoms with Crippen LogP contribution in [0.4, 0.5) is 0 Å². The lowest BCUT2D eigenvalue weighted by Crippen LogP contribution is -2.22. The average molecular weight is 216 g/mol. The van der Waals surface area contributed by atoms with Crippen molar-refractivity contribution in [3.63, 3.8) is 0 Å². The summed E-state index contributed by atoms with van der Waals surface area (Å²) in [5.41, 5.74) is 8.44. The molecule has 2 heterocycles. The first-order chi connectivity index (χ1) is 7.66. The minimum Gasteiger partial charge on any atom is -0.325 e. The minimum absolute atomic E-state index is 0.135. The van der Waals surface area contributed by atoms with Crippen LogP contribution in [0.2, 0.25) is 0 Å². The molecule has 2 N–H and O–H groups in total. The fourth-order valence-corrected chi connectivity index (χ4v) is 2.01. The maximum absolute atomic E-state index is 6.08. The number of fused-ring (bicyclic) bond motifs is 1. The molecule has 1 aliphatic rings. The van der Waals surface area contributed by atoms with Crippen molar-refractivity contribution >= 4 is 5.65 Å². The van der Waals surface area contributed by atoms with E-state index in [1.54, 1.807) is 0 Å². The Bertz CT molecular complexity index is 525. The van der Waals surface area contributed by atoms with Crippen LogP contribution >= 0.6 is 0 Å². The van der Waals surface area contributed by atoms with Crippen LogP contribution in [0.1, 0.15) is 30.7 Å². The smallest absolute Gasteiger partial charge is 0.161 e. The summed E-state index contributed by atoms with van der Waals surface area (Å²) < 4.78 is 2.00. The number of nitrogens with zero attached hydrogens (tertiary/aromatic N) is 3. The van der Waals surface area contributed by atoms with Crippen LogP contribution in [0, 0.1) is 6.92 Å². The van der Waals surface area contributed by atoms with Crippen LogP contribution in [-0.4, -0.2) is 20.1 Å². The monoisotopic (exact) mass is 216 g/mol. The first-order valence-electron chi connectivity index (χ1n) is 5.75. The Morgan fingerprint density at radius 2 is 2.25 bits per heavy atom. The van der Waals surface area contributed by atoms with Crippen LogP contribution in [0.3, 0.4) is 0 Å². The molecule has 0 aromatic carbocycles. The quantitative estimate of drug-likeness (QED) is 0.845. The number of hydrogen-bond acceptors (Lipinski definition) is 3. The number of pyridine rings is 1. The van der Waals surface area contributed by atoms with Crippen molar-refractivity contribution in [2.75, 3.05) is 0 Å². The summed E-state index contributed by atoms with van der Waals surface area (Å²) in [7, 11) is 0. The van der Waals surface area contributed by atoms with Gasteiger partial charge in [-0.15, -0.1) is 10.2 Å². The van der Waals surface area contributed by atoms with Crippen LogP contribution in [0.15, 0.2) is 18.3 Å². The van der Waals surface area contributed by atoms with E-state index < -0.39 is 0 Å². The predicted octanol–water partition coefficient (Wildman–Crippen LogP) is 1.46. The summed E-state index contributed by atoms with van der Waals surface area (Å²) in [6, 6.07) is 4.24. The van der Waals surface area contributed by atoms with Gasteiger partial charge in [0.25, 0.3) is 0 Å². The highest BCUT2D eigenvalue weighted by Crippen LogP contribution is 2.36. The van der Waals surface area contributed by atoms with Gasteiger partial charge >= 0.3 is 0 Å². The molecule has 1 fully saturated rings. The molecule has 84 valence electrons. The standard InChI is InChI=1S/C12H16N4/c1-9-14-15-11-8-10(3-7-16(9)11)2-4-12(13)5-6-12/h3,7-8H,2,4-6,13H2,1H3. The lowest BCUT2D eigenvalue weighted by atomic mass is 10.1. The van der Waals surface area contributed by atoms with E-state index in [0.717, 1.165) is 24.3 Å². The van der Waals surface area contributed by atoms with Gasteiger partial charge in [0.05, 0.1) is 0 Å². The largest absolute Gasteiger partial charge is 0.325 e. The molecule has 2 aromatic heterocycles. The molecule has 0 spiro atoms. The third kappa shape index (κ3) is 1.69. The van der Waals surface area contributed by atoms with Gasteiger partial charge in [0.2, 0.25) is 0 Å². The Labute approximate surface area is 94.5 Å². The fourth-order valence-electron chi connectivity index (χ4n) is 2.01. The van der Waals surface area contributed by atoms with Crippen molar-refractivity contribution < 1.29 is 0 Å². The van der Waals surface area contributed by atoms with E-state index in [4.69, 9.17) is 5.73 Å². The van der Waals surface area contributed by atoms with Gasteiger partial charge in [0.1, 0.15) is 5.82 Å². The molecule has 1 aliphatic carbocycles. The van der Waals surface area contributed by atoms with Crippen molar-refractivity contribution in [1.82, 2.24) is 14.6 Å². The Morgan fingerprint density at radius 1 is 1.44 bits per heavy atom. The minimum atomic E-state index is 0.135. The molecule has 0 radical (unpaired) electrons. The van der Waals surface area contributed by atoms with Crippen molar-refractivity contribution in [1.29, 1.82) is 0 Å². The van der Waals surface area contributed by atoms with E-state index in [1.165, 1.54) is 18.4 Å². The zero-order valence-electron chi connectivity index (χ0n) is 9.48. The number of aromatic nitrogens is 3. The van der Waals surface area contributed by atoms with Crippen molar-refractivity contribution in [2.45, 2.75) is 38.1 Å². The molecular weight excluding hydrogens is 200 g/mol. The molecule has 4 nitrogen and oxygen atoms in total. The topological polar surface area (TPSA) is 56.2 Å². The van der Waals surface area contributed by atoms with E-state index in [-0.39, 0.29) is 5.54 Å². The summed E-state index contributed by atoms with van der Waals surface area (Å²) in [6.07, 6.45) is 6.52. The number of rotatable bonds is 3. The molecule has 1 saturated carbocycles. The third-order valence-electron chi connectivity index (χ3n) is 3.45. The van der Waals surface area contributed by atoms with E-state index in [1.807, 2.05) is 17.5 Å². The second-order valence-corrected chi connectivity index (χ2v) is 4.87. The third-order valence-corrected chi connectivity index (χ3v) is 3.45. The van der Waals surface area contributed by atoms with Crippen molar-refractivity contribution in [2.24, 2.45) is 5.73 Å². The van der Waals surface area contributed by atoms with Crippen LogP contribution in [-0.2, 0) is 6.42 Å². The first-order valence-corrected chi connectivity index (χ1v) is 5.75. The van der Waals surface area contributed by atoms with Gasteiger partial charge in [0.15, 0.2) is 5.65 Å². The highest BCUT2D eigenvalue weighted by Gasteiger charge is 2.37. The highest BCUT2D eigenvalue weighted by molar-refractivity contribution is 5.41. The molecule has 0 bridgehead atoms. The second kappa shape index (κ2) is 3.28. The van der Waals surface area contributed by atoms with E-state index in [0.29, 0.717) is 0 Å². The SMILES string of the molecule is Cc1nnc2cc(CCC3(N)CC3)ccn12. The lowest BCUT2D eigenvalue weighted by molar-refractivity contribution is 0.609. The predicted molar refractivity (Wildman–Crippen MR) is 62.2 cm³/mol. The molecule has 4 heteroatoms. The molecule has 0 aliphatic heterocycles. The maximum atomic E-state index is 6.08. The summed E-state index contributed by atoms with van der Waals surface area (Å²) in [5.74, 6) is 0.930. The summed E-state index contributed by atoms with van der Waals surface area (Å²) in [5, 5.41) is 8.17. The van der Waals surface area contributed by atoms with Gasteiger partial charge in [-0.2, -0.15) is 0 Å². The number of aryl methyl sites for hydroxylation is 2. The zero-order valence-corrected chi connectivity index (χ0v) is 9.48. The second-order valence-electron chi connectivity index (χ2n) is 4.87. The van der Waals surface area contributed by atoms with Crippen LogP contribution < -0.4 is 5.73 Å². The molecular formula is C12H16N4. The highest BCUT2D eigenvalue weighted by atomic mass is 15.2. The van der Waals surface area contributed by atoms with Crippen molar-refractivity contribution in [3.05, 3.63) is 29.7 Å². The Balaban J connectivity index is 1.82. The van der Waals surface area contributed by atoms with E-state index in [9.17, 15) is 0 Å². The summed E-state index contributed by atoms with van der Waals surface area (Å²) in [4.78, 5) is 0. The number of nitrogens with two attached hydrogens (primary N) is 1. The van der Waals surface area contributed by atoms with Gasteiger partial charge < -0.3 is 5.73 Å². The molecule has 0 atom stereocenters. The fraction of sp³-hybridized carbons (Fsp3) is 0.500. The molecule has 0 unspecified atom stereocenters. The van der Waals surface area contributed by atoms with Crippen LogP contribution in [0.25, 0.3) is 5.65 Å². The maximum Gasteiger partial charge on any atom is 0.161 e. The van der Waals surface area contributed by atoms with E-state index in [2.05, 4.69) is 22.3 Å². The normalized spacial score (nSPS) is 17.9. The average Bonchev–Trinajstić information content (AvgIpc) is 2.91. The summed E-state index contributed by atoms with van der Waals surface area (Å²) in [6.45, 7) is 1.96. The van der Waals surface area contributed by atoms with Crippen LogP contribution in [0.5, 0.6) is 0 Å². The Morgan fingerprint density at radius 3 is 3.00 bits per heavy atom. The molecule has 3 rings (SSSR count). The van der Waals surface area contributed by atoms with Gasteiger partial charge in [0, 0.05) is 11.7 Å². The van der Waals surface area contributed by atoms with Gasteiger partial charge in [-0.25, -0.2) is 0 Å².